The zero-order valence-corrected chi connectivity index (χ0v) is 18.5. The van der Waals surface area contributed by atoms with E-state index in [1.165, 1.54) is 0 Å². The Labute approximate surface area is 183 Å². The summed E-state index contributed by atoms with van der Waals surface area (Å²) in [6.07, 6.45) is 3.36. The van der Waals surface area contributed by atoms with Crippen LogP contribution in [0.25, 0.3) is 11.3 Å². The molecule has 1 saturated heterocycles. The second-order valence-corrected chi connectivity index (χ2v) is 8.62. The number of methoxy groups -OCH3 is 1. The summed E-state index contributed by atoms with van der Waals surface area (Å²) >= 11 is 3.44. The molecule has 0 aliphatic carbocycles. The second kappa shape index (κ2) is 7.16. The number of hydrogen-bond acceptors (Lipinski definition) is 4. The molecule has 6 nitrogen and oxygen atoms in total. The highest BCUT2D eigenvalue weighted by Crippen LogP contribution is 2.49. The number of para-hydroxylation sites is 1. The fraction of sp³-hybridized carbons (Fsp3) is 0.304. The van der Waals surface area contributed by atoms with Gasteiger partial charge in [-0.25, -0.2) is 0 Å². The molecular weight excluding hydrogens is 446 g/mol. The summed E-state index contributed by atoms with van der Waals surface area (Å²) in [5, 5.41) is 4.51. The van der Waals surface area contributed by atoms with Crippen LogP contribution in [0.5, 0.6) is 11.5 Å². The van der Waals surface area contributed by atoms with Gasteiger partial charge < -0.3 is 14.4 Å². The van der Waals surface area contributed by atoms with E-state index in [9.17, 15) is 4.79 Å². The van der Waals surface area contributed by atoms with Crippen LogP contribution in [-0.4, -0.2) is 40.8 Å². The molecule has 0 bridgehead atoms. The predicted molar refractivity (Wildman–Crippen MR) is 117 cm³/mol. The second-order valence-electron chi connectivity index (χ2n) is 7.76. The van der Waals surface area contributed by atoms with Gasteiger partial charge in [0.1, 0.15) is 17.1 Å². The average molecular weight is 468 g/mol. The topological polar surface area (TPSA) is 56.6 Å². The molecule has 3 heterocycles. The van der Waals surface area contributed by atoms with Gasteiger partial charge in [-0.05, 0) is 46.3 Å². The number of nitrogens with zero attached hydrogens (tertiary/aromatic N) is 3. The quantitative estimate of drug-likeness (QED) is 0.560. The molecule has 3 aromatic rings. The van der Waals surface area contributed by atoms with E-state index in [4.69, 9.17) is 9.47 Å². The molecule has 1 fully saturated rings. The smallest absolute Gasteiger partial charge is 0.253 e. The molecule has 2 aliphatic rings. The van der Waals surface area contributed by atoms with Crippen LogP contribution in [0.4, 0.5) is 0 Å². The Kier molecular flexibility index (Phi) is 4.58. The molecule has 1 aromatic heterocycles. The van der Waals surface area contributed by atoms with Crippen LogP contribution < -0.4 is 9.47 Å². The third-order valence-corrected chi connectivity index (χ3v) is 6.79. The van der Waals surface area contributed by atoms with Gasteiger partial charge in [0.25, 0.3) is 5.91 Å². The summed E-state index contributed by atoms with van der Waals surface area (Å²) in [7, 11) is 3.57. The lowest BCUT2D eigenvalue weighted by atomic mass is 9.81. The van der Waals surface area contributed by atoms with Crippen molar-refractivity contribution < 1.29 is 14.3 Å². The highest BCUT2D eigenvalue weighted by molar-refractivity contribution is 9.10. The van der Waals surface area contributed by atoms with Crippen molar-refractivity contribution in [2.75, 3.05) is 20.2 Å². The molecule has 30 heavy (non-hydrogen) atoms. The van der Waals surface area contributed by atoms with Crippen LogP contribution >= 0.6 is 15.9 Å². The minimum absolute atomic E-state index is 0.0123. The van der Waals surface area contributed by atoms with Crippen LogP contribution in [0.2, 0.25) is 0 Å². The van der Waals surface area contributed by atoms with Crippen molar-refractivity contribution in [3.8, 4) is 22.8 Å². The number of carbonyl (C=O) groups is 1. The molecule has 7 heteroatoms. The normalized spacial score (nSPS) is 16.6. The Hall–Kier alpha value is -2.80. The van der Waals surface area contributed by atoms with Crippen LogP contribution in [0.1, 0.15) is 28.8 Å². The first-order chi connectivity index (χ1) is 14.5. The highest BCUT2D eigenvalue weighted by atomic mass is 79.9. The zero-order chi connectivity index (χ0) is 20.9. The maximum absolute atomic E-state index is 13.1. The Balaban J connectivity index is 1.41. The van der Waals surface area contributed by atoms with E-state index in [1.807, 2.05) is 53.2 Å². The SMILES string of the molecule is COc1cc(C(=O)N2CCC3(CC2)Oc2ccccc2-c2c3cnn2C)ccc1Br. The van der Waals surface area contributed by atoms with E-state index in [2.05, 4.69) is 27.1 Å². The molecule has 154 valence electrons. The van der Waals surface area contributed by atoms with Gasteiger partial charge in [-0.2, -0.15) is 5.10 Å². The predicted octanol–water partition coefficient (Wildman–Crippen LogP) is 4.38. The van der Waals surface area contributed by atoms with Crippen LogP contribution in [-0.2, 0) is 12.6 Å². The number of carbonyl (C=O) groups excluding carboxylic acids is 1. The third-order valence-electron chi connectivity index (χ3n) is 6.13. The molecule has 0 saturated carbocycles. The van der Waals surface area contributed by atoms with Crippen molar-refractivity contribution in [1.82, 2.24) is 14.7 Å². The van der Waals surface area contributed by atoms with E-state index in [1.54, 1.807) is 13.2 Å². The summed E-state index contributed by atoms with van der Waals surface area (Å²) in [5.74, 6) is 1.55. The fourth-order valence-corrected chi connectivity index (χ4v) is 4.93. The maximum atomic E-state index is 13.1. The maximum Gasteiger partial charge on any atom is 0.253 e. The van der Waals surface area contributed by atoms with Gasteiger partial charge in [-0.15, -0.1) is 0 Å². The van der Waals surface area contributed by atoms with Gasteiger partial charge in [-0.3, -0.25) is 9.48 Å². The van der Waals surface area contributed by atoms with Gasteiger partial charge in [0, 0.05) is 49.7 Å². The molecular formula is C23H22BrN3O3. The van der Waals surface area contributed by atoms with E-state index in [0.717, 1.165) is 39.9 Å². The molecule has 0 N–H and O–H groups in total. The summed E-state index contributed by atoms with van der Waals surface area (Å²) < 4.78 is 14.7. The van der Waals surface area contributed by atoms with Gasteiger partial charge in [0.05, 0.1) is 23.5 Å². The highest BCUT2D eigenvalue weighted by Gasteiger charge is 2.45. The number of benzene rings is 2. The number of aromatic nitrogens is 2. The van der Waals surface area contributed by atoms with E-state index >= 15 is 0 Å². The number of piperidine rings is 1. The van der Waals surface area contributed by atoms with Crippen LogP contribution in [0.3, 0.4) is 0 Å². The first kappa shape index (κ1) is 19.2. The number of amides is 1. The standard InChI is InChI=1S/C23H22BrN3O3/c1-26-21-16-5-3-4-6-19(16)30-23(17(21)14-25-26)9-11-27(12-10-23)22(28)15-7-8-18(24)20(13-15)29-2/h3-8,13-14H,9-12H2,1-2H3. The molecule has 1 spiro atoms. The van der Waals surface area contributed by atoms with E-state index < -0.39 is 5.60 Å². The minimum atomic E-state index is -0.452. The number of ether oxygens (including phenoxy) is 2. The largest absolute Gasteiger partial charge is 0.496 e. The van der Waals surface area contributed by atoms with Crippen LogP contribution in [0.15, 0.2) is 53.1 Å². The van der Waals surface area contributed by atoms with Crippen molar-refractivity contribution in [1.29, 1.82) is 0 Å². The summed E-state index contributed by atoms with van der Waals surface area (Å²) in [6, 6.07) is 13.6. The van der Waals surface area contributed by atoms with Crippen molar-refractivity contribution in [3.05, 3.63) is 64.3 Å². The number of rotatable bonds is 2. The molecule has 1 amide bonds. The molecule has 2 aliphatic heterocycles. The van der Waals surface area contributed by atoms with Crippen molar-refractivity contribution in [2.45, 2.75) is 18.4 Å². The van der Waals surface area contributed by atoms with Crippen molar-refractivity contribution >= 4 is 21.8 Å². The lowest BCUT2D eigenvalue weighted by molar-refractivity contribution is -0.00173. The number of aryl methyl sites for hydroxylation is 1. The Morgan fingerprint density at radius 3 is 2.73 bits per heavy atom. The number of likely N-dealkylation sites (tertiary alicyclic amines) is 1. The minimum Gasteiger partial charge on any atom is -0.496 e. The lowest BCUT2D eigenvalue weighted by Gasteiger charge is -2.44. The Morgan fingerprint density at radius 2 is 1.97 bits per heavy atom. The van der Waals surface area contributed by atoms with Gasteiger partial charge in [0.2, 0.25) is 0 Å². The molecule has 5 rings (SSSR count). The summed E-state index contributed by atoms with van der Waals surface area (Å²) in [4.78, 5) is 15.0. The van der Waals surface area contributed by atoms with Gasteiger partial charge in [0.15, 0.2) is 0 Å². The number of halogens is 1. The van der Waals surface area contributed by atoms with E-state index in [0.29, 0.717) is 24.4 Å². The number of hydrogen-bond donors (Lipinski definition) is 0. The first-order valence-corrected chi connectivity index (χ1v) is 10.8. The van der Waals surface area contributed by atoms with Crippen molar-refractivity contribution in [2.24, 2.45) is 7.05 Å². The van der Waals surface area contributed by atoms with Crippen LogP contribution in [0, 0.1) is 0 Å². The third kappa shape index (κ3) is 2.91. The Bertz CT molecular complexity index is 1130. The Morgan fingerprint density at radius 1 is 1.20 bits per heavy atom. The van der Waals surface area contributed by atoms with E-state index in [-0.39, 0.29) is 5.91 Å². The zero-order valence-electron chi connectivity index (χ0n) is 16.9. The molecule has 0 radical (unpaired) electrons. The summed E-state index contributed by atoms with van der Waals surface area (Å²) in [5.41, 5.74) is 3.46. The summed E-state index contributed by atoms with van der Waals surface area (Å²) in [6.45, 7) is 1.24. The first-order valence-electron chi connectivity index (χ1n) is 9.96. The molecule has 2 aromatic carbocycles. The van der Waals surface area contributed by atoms with Crippen molar-refractivity contribution in [3.63, 3.8) is 0 Å². The fourth-order valence-electron chi connectivity index (χ4n) is 4.52. The van der Waals surface area contributed by atoms with Gasteiger partial charge in [-0.1, -0.05) is 12.1 Å². The monoisotopic (exact) mass is 467 g/mol. The molecule has 0 unspecified atom stereocenters. The average Bonchev–Trinajstić information content (AvgIpc) is 3.17. The molecule has 0 atom stereocenters. The number of fused-ring (bicyclic) bond motifs is 4. The lowest BCUT2D eigenvalue weighted by Crippen LogP contribution is -2.49. The van der Waals surface area contributed by atoms with Gasteiger partial charge >= 0.3 is 0 Å².